The van der Waals surface area contributed by atoms with Gasteiger partial charge in [-0.15, -0.1) is 0 Å². The first kappa shape index (κ1) is 17.5. The number of phenols is 1. The van der Waals surface area contributed by atoms with Crippen LogP contribution in [0.1, 0.15) is 18.9 Å². The van der Waals surface area contributed by atoms with Crippen molar-refractivity contribution in [3.05, 3.63) is 17.7 Å². The minimum absolute atomic E-state index is 0.0334. The van der Waals surface area contributed by atoms with Crippen molar-refractivity contribution in [2.45, 2.75) is 25.0 Å². The van der Waals surface area contributed by atoms with Crippen LogP contribution in [0.4, 0.5) is 0 Å². The third-order valence-corrected chi connectivity index (χ3v) is 4.70. The number of phenolic OH excluding ortho intramolecular Hbond substituents is 1. The number of amides is 1. The molecule has 1 aliphatic rings. The van der Waals surface area contributed by atoms with Gasteiger partial charge in [0, 0.05) is 31.7 Å². The van der Waals surface area contributed by atoms with Crippen LogP contribution in [0.3, 0.4) is 0 Å². The summed E-state index contributed by atoms with van der Waals surface area (Å²) in [5.41, 5.74) is 0.909. The number of hydrogen-bond donors (Lipinski definition) is 1. The zero-order valence-electron chi connectivity index (χ0n) is 13.5. The van der Waals surface area contributed by atoms with Crippen LogP contribution in [0.25, 0.3) is 0 Å². The Labute approximate surface area is 139 Å². The first-order valence-electron chi connectivity index (χ1n) is 7.33. The van der Waals surface area contributed by atoms with Crippen molar-refractivity contribution in [3.8, 4) is 17.2 Å². The summed E-state index contributed by atoms with van der Waals surface area (Å²) in [6.07, 6.45) is 1.03. The molecule has 2 rings (SSSR count). The summed E-state index contributed by atoms with van der Waals surface area (Å²) in [6.45, 7) is 2.67. The number of carbonyl (C=O) groups is 2. The summed E-state index contributed by atoms with van der Waals surface area (Å²) in [5, 5.41) is 9.99. The zero-order chi connectivity index (χ0) is 17.0. The molecule has 7 heteroatoms. The van der Waals surface area contributed by atoms with Gasteiger partial charge in [0.15, 0.2) is 16.6 Å². The SMILES string of the molecule is COc1cc(CCN2CC(SC(C)=O)CC2=O)cc(OC)c1O. The summed E-state index contributed by atoms with van der Waals surface area (Å²) in [4.78, 5) is 24.9. The monoisotopic (exact) mass is 339 g/mol. The minimum Gasteiger partial charge on any atom is -0.502 e. The Morgan fingerprint density at radius 2 is 1.96 bits per heavy atom. The van der Waals surface area contributed by atoms with E-state index in [2.05, 4.69) is 0 Å². The van der Waals surface area contributed by atoms with Gasteiger partial charge in [0.2, 0.25) is 11.7 Å². The molecule has 1 unspecified atom stereocenters. The smallest absolute Gasteiger partial charge is 0.223 e. The molecule has 1 aromatic carbocycles. The average molecular weight is 339 g/mol. The van der Waals surface area contributed by atoms with Crippen molar-refractivity contribution in [2.75, 3.05) is 27.3 Å². The summed E-state index contributed by atoms with van der Waals surface area (Å²) in [6, 6.07) is 3.47. The third kappa shape index (κ3) is 4.31. The predicted molar refractivity (Wildman–Crippen MR) is 88.2 cm³/mol. The summed E-state index contributed by atoms with van der Waals surface area (Å²) in [7, 11) is 2.96. The van der Waals surface area contributed by atoms with Gasteiger partial charge in [0.1, 0.15) is 0 Å². The highest BCUT2D eigenvalue weighted by molar-refractivity contribution is 8.14. The van der Waals surface area contributed by atoms with Crippen LogP contribution < -0.4 is 9.47 Å². The van der Waals surface area contributed by atoms with E-state index < -0.39 is 0 Å². The van der Waals surface area contributed by atoms with Gasteiger partial charge in [-0.25, -0.2) is 0 Å². The lowest BCUT2D eigenvalue weighted by atomic mass is 10.1. The van der Waals surface area contributed by atoms with Crippen LogP contribution in [0.2, 0.25) is 0 Å². The second kappa shape index (κ2) is 7.59. The summed E-state index contributed by atoms with van der Waals surface area (Å²) >= 11 is 1.23. The molecule has 1 N–H and O–H groups in total. The standard InChI is InChI=1S/C16H21NO5S/c1-10(18)23-12-8-15(19)17(9-12)5-4-11-6-13(21-2)16(20)14(7-11)22-3/h6-7,12,20H,4-5,8-9H2,1-3H3. The number of carbonyl (C=O) groups excluding carboxylic acids is 2. The molecule has 1 heterocycles. The lowest BCUT2D eigenvalue weighted by Crippen LogP contribution is -2.28. The van der Waals surface area contributed by atoms with E-state index in [4.69, 9.17) is 9.47 Å². The Hall–Kier alpha value is -1.89. The molecule has 23 heavy (non-hydrogen) atoms. The van der Waals surface area contributed by atoms with Gasteiger partial charge in [-0.05, 0) is 24.1 Å². The average Bonchev–Trinajstić information content (AvgIpc) is 2.85. The fourth-order valence-electron chi connectivity index (χ4n) is 2.62. The molecule has 6 nitrogen and oxygen atoms in total. The number of hydrogen-bond acceptors (Lipinski definition) is 6. The molecule has 126 valence electrons. The number of nitrogens with zero attached hydrogens (tertiary/aromatic N) is 1. The molecular formula is C16H21NO5S. The molecule has 0 aromatic heterocycles. The molecule has 1 atom stereocenters. The number of benzene rings is 1. The lowest BCUT2D eigenvalue weighted by molar-refractivity contribution is -0.127. The van der Waals surface area contributed by atoms with Crippen molar-refractivity contribution >= 4 is 22.8 Å². The van der Waals surface area contributed by atoms with Gasteiger partial charge in [0.05, 0.1) is 14.2 Å². The topological polar surface area (TPSA) is 76.1 Å². The highest BCUT2D eigenvalue weighted by Crippen LogP contribution is 2.37. The maximum atomic E-state index is 12.0. The fraction of sp³-hybridized carbons (Fsp3) is 0.500. The first-order valence-corrected chi connectivity index (χ1v) is 8.21. The Bertz CT molecular complexity index is 579. The van der Waals surface area contributed by atoms with Crippen molar-refractivity contribution in [1.29, 1.82) is 0 Å². The van der Waals surface area contributed by atoms with E-state index in [1.54, 1.807) is 17.0 Å². The minimum atomic E-state index is -0.0334. The second-order valence-electron chi connectivity index (χ2n) is 5.37. The molecule has 0 aliphatic carbocycles. The lowest BCUT2D eigenvalue weighted by Gasteiger charge is -2.17. The molecule has 0 radical (unpaired) electrons. The van der Waals surface area contributed by atoms with Gasteiger partial charge in [0.25, 0.3) is 0 Å². The van der Waals surface area contributed by atoms with Gasteiger partial charge in [-0.3, -0.25) is 9.59 Å². The predicted octanol–water partition coefficient (Wildman–Crippen LogP) is 1.83. The molecule has 0 bridgehead atoms. The Balaban J connectivity index is 2.01. The van der Waals surface area contributed by atoms with E-state index >= 15 is 0 Å². The molecule has 1 aromatic rings. The van der Waals surface area contributed by atoms with Crippen molar-refractivity contribution in [2.24, 2.45) is 0 Å². The quantitative estimate of drug-likeness (QED) is 0.852. The Morgan fingerprint density at radius 1 is 1.35 bits per heavy atom. The number of methoxy groups -OCH3 is 2. The normalized spacial score (nSPS) is 17.4. The summed E-state index contributed by atoms with van der Waals surface area (Å²) < 4.78 is 10.3. The van der Waals surface area contributed by atoms with E-state index in [0.29, 0.717) is 37.4 Å². The van der Waals surface area contributed by atoms with Gasteiger partial charge in [-0.1, -0.05) is 11.8 Å². The molecule has 0 saturated carbocycles. The number of likely N-dealkylation sites (tertiary alicyclic amines) is 1. The molecular weight excluding hydrogens is 318 g/mol. The van der Waals surface area contributed by atoms with E-state index in [9.17, 15) is 14.7 Å². The van der Waals surface area contributed by atoms with E-state index in [-0.39, 0.29) is 22.0 Å². The highest BCUT2D eigenvalue weighted by atomic mass is 32.2. The van der Waals surface area contributed by atoms with Crippen LogP contribution in [0.15, 0.2) is 12.1 Å². The zero-order valence-corrected chi connectivity index (χ0v) is 14.3. The first-order chi connectivity index (χ1) is 10.9. The molecule has 1 saturated heterocycles. The largest absolute Gasteiger partial charge is 0.502 e. The van der Waals surface area contributed by atoms with E-state index in [1.807, 2.05) is 0 Å². The van der Waals surface area contributed by atoms with Crippen LogP contribution in [0, 0.1) is 0 Å². The maximum absolute atomic E-state index is 12.0. The van der Waals surface area contributed by atoms with Crippen molar-refractivity contribution in [3.63, 3.8) is 0 Å². The van der Waals surface area contributed by atoms with Crippen molar-refractivity contribution in [1.82, 2.24) is 4.90 Å². The molecule has 1 amide bonds. The Kier molecular flexibility index (Phi) is 5.76. The highest BCUT2D eigenvalue weighted by Gasteiger charge is 2.30. The molecule has 1 fully saturated rings. The maximum Gasteiger partial charge on any atom is 0.223 e. The summed E-state index contributed by atoms with van der Waals surface area (Å²) in [5.74, 6) is 0.726. The molecule has 1 aliphatic heterocycles. The number of thioether (sulfide) groups is 1. The third-order valence-electron chi connectivity index (χ3n) is 3.72. The molecule has 0 spiro atoms. The van der Waals surface area contributed by atoms with Crippen LogP contribution in [-0.2, 0) is 16.0 Å². The van der Waals surface area contributed by atoms with Crippen LogP contribution in [0.5, 0.6) is 17.2 Å². The number of aromatic hydroxyl groups is 1. The van der Waals surface area contributed by atoms with Crippen molar-refractivity contribution < 1.29 is 24.2 Å². The second-order valence-corrected chi connectivity index (χ2v) is 6.85. The van der Waals surface area contributed by atoms with Crippen LogP contribution in [-0.4, -0.2) is 53.6 Å². The van der Waals surface area contributed by atoms with E-state index in [1.165, 1.54) is 32.9 Å². The van der Waals surface area contributed by atoms with Gasteiger partial charge in [-0.2, -0.15) is 0 Å². The number of ether oxygens (including phenoxy) is 2. The number of rotatable bonds is 6. The van der Waals surface area contributed by atoms with Gasteiger partial charge >= 0.3 is 0 Å². The fourth-order valence-corrected chi connectivity index (χ4v) is 3.57. The Morgan fingerprint density at radius 3 is 2.48 bits per heavy atom. The van der Waals surface area contributed by atoms with E-state index in [0.717, 1.165) is 5.56 Å². The van der Waals surface area contributed by atoms with Crippen LogP contribution >= 0.6 is 11.8 Å². The van der Waals surface area contributed by atoms with Gasteiger partial charge < -0.3 is 19.5 Å².